The summed E-state index contributed by atoms with van der Waals surface area (Å²) in [6.45, 7) is 0.848. The minimum atomic E-state index is -2.47. The van der Waals surface area contributed by atoms with E-state index in [0.717, 1.165) is 0 Å². The van der Waals surface area contributed by atoms with Gasteiger partial charge in [-0.2, -0.15) is 0 Å². The third kappa shape index (κ3) is 5.60. The van der Waals surface area contributed by atoms with Gasteiger partial charge in [-0.3, -0.25) is 14.3 Å². The Hall–Kier alpha value is -3.04. The first-order chi connectivity index (χ1) is 15.5. The fourth-order valence-corrected chi connectivity index (χ4v) is 3.51. The maximum Gasteiger partial charge on any atom is 0.261 e. The highest BCUT2D eigenvalue weighted by molar-refractivity contribution is 6.30. The largest absolute Gasteiger partial charge is 0.487 e. The van der Waals surface area contributed by atoms with Gasteiger partial charge < -0.3 is 14.4 Å². The van der Waals surface area contributed by atoms with Crippen molar-refractivity contribution in [2.75, 3.05) is 24.6 Å². The number of anilines is 1. The summed E-state index contributed by atoms with van der Waals surface area (Å²) in [7, 11) is 0. The number of hydrogen-bond acceptors (Lipinski definition) is 6. The smallest absolute Gasteiger partial charge is 0.261 e. The first kappa shape index (κ1) is 22.2. The molecule has 4 rings (SSSR count). The molecule has 0 aromatic carbocycles. The number of nitrogens with zero attached hydrogens (tertiary/aromatic N) is 4. The minimum absolute atomic E-state index is 0.217. The van der Waals surface area contributed by atoms with Crippen LogP contribution in [0.2, 0.25) is 5.02 Å². The summed E-state index contributed by atoms with van der Waals surface area (Å²) in [4.78, 5) is 23.1. The van der Waals surface area contributed by atoms with Crippen molar-refractivity contribution in [1.29, 1.82) is 0 Å². The maximum atomic E-state index is 12.5. The Labute approximate surface area is 188 Å². The highest BCUT2D eigenvalue weighted by Crippen LogP contribution is 2.21. The van der Waals surface area contributed by atoms with Gasteiger partial charge in [-0.25, -0.2) is 13.8 Å². The molecular formula is C22H21ClF2N4O3. The summed E-state index contributed by atoms with van der Waals surface area (Å²) >= 11 is 5.82. The number of halogens is 3. The van der Waals surface area contributed by atoms with Gasteiger partial charge in [0.2, 0.25) is 0 Å². The number of rotatable bonds is 8. The second-order valence-electron chi connectivity index (χ2n) is 7.28. The normalized spacial score (nSPS) is 16.0. The molecule has 0 spiro atoms. The molecule has 3 aromatic heterocycles. The molecule has 1 saturated heterocycles. The predicted molar refractivity (Wildman–Crippen MR) is 116 cm³/mol. The lowest BCUT2D eigenvalue weighted by atomic mass is 10.3. The molecule has 3 aromatic rings. The van der Waals surface area contributed by atoms with Gasteiger partial charge in [0, 0.05) is 31.5 Å². The molecule has 1 aliphatic rings. The highest BCUT2D eigenvalue weighted by Gasteiger charge is 2.25. The molecule has 168 valence electrons. The third-order valence-corrected chi connectivity index (χ3v) is 5.23. The van der Waals surface area contributed by atoms with Gasteiger partial charge in [0.05, 0.1) is 28.7 Å². The lowest BCUT2D eigenvalue weighted by Gasteiger charge is -2.18. The Morgan fingerprint density at radius 3 is 2.72 bits per heavy atom. The van der Waals surface area contributed by atoms with Gasteiger partial charge in [-0.05, 0) is 36.8 Å². The summed E-state index contributed by atoms with van der Waals surface area (Å²) in [5.74, 6) is 1.14. The molecule has 0 radical (unpaired) electrons. The Morgan fingerprint density at radius 1 is 1.16 bits per heavy atom. The molecule has 1 aliphatic heterocycles. The van der Waals surface area contributed by atoms with Crippen molar-refractivity contribution in [3.8, 4) is 11.4 Å². The minimum Gasteiger partial charge on any atom is -0.487 e. The van der Waals surface area contributed by atoms with Gasteiger partial charge in [0.1, 0.15) is 24.8 Å². The lowest BCUT2D eigenvalue weighted by Crippen LogP contribution is -2.25. The standard InChI is InChI=1S/C22H21ClF2N4O3/c23-15-1-2-16(26-10-15)13-31-18-6-8-29(22(30)9-18)17-3-4-21(27-11-17)28-7-5-19(12-28)32-14-20(24)25/h1-4,6,8-11,19-20H,5,7,12-14H2/t19-/m0/s1. The molecule has 32 heavy (non-hydrogen) atoms. The predicted octanol–water partition coefficient (Wildman–Crippen LogP) is 3.72. The number of hydrogen-bond donors (Lipinski definition) is 0. The Kier molecular flexibility index (Phi) is 6.96. The molecule has 1 fully saturated rings. The molecule has 0 saturated carbocycles. The van der Waals surface area contributed by atoms with Crippen LogP contribution in [0.5, 0.6) is 5.75 Å². The van der Waals surface area contributed by atoms with E-state index in [1.54, 1.807) is 42.7 Å². The third-order valence-electron chi connectivity index (χ3n) is 5.00. The summed E-state index contributed by atoms with van der Waals surface area (Å²) in [5.41, 5.74) is 1.04. The molecule has 0 amide bonds. The fraction of sp³-hybridized carbons (Fsp3) is 0.318. The van der Waals surface area contributed by atoms with E-state index in [0.29, 0.717) is 47.5 Å². The number of alkyl halides is 2. The van der Waals surface area contributed by atoms with E-state index in [1.807, 2.05) is 4.90 Å². The average molecular weight is 463 g/mol. The van der Waals surface area contributed by atoms with E-state index in [2.05, 4.69) is 9.97 Å². The summed E-state index contributed by atoms with van der Waals surface area (Å²) in [6, 6.07) is 10.2. The average Bonchev–Trinajstić information content (AvgIpc) is 3.27. The van der Waals surface area contributed by atoms with Crippen LogP contribution in [-0.2, 0) is 11.3 Å². The molecule has 4 heterocycles. The molecule has 1 atom stereocenters. The van der Waals surface area contributed by atoms with Crippen LogP contribution in [0.3, 0.4) is 0 Å². The molecule has 7 nitrogen and oxygen atoms in total. The van der Waals surface area contributed by atoms with Crippen LogP contribution in [0, 0.1) is 0 Å². The van der Waals surface area contributed by atoms with E-state index >= 15 is 0 Å². The Bertz CT molecular complexity index is 1090. The summed E-state index contributed by atoms with van der Waals surface area (Å²) in [6.07, 6.45) is 2.72. The van der Waals surface area contributed by atoms with Gasteiger partial charge in [-0.1, -0.05) is 11.6 Å². The molecule has 10 heteroatoms. The van der Waals surface area contributed by atoms with Crippen LogP contribution in [0.1, 0.15) is 12.1 Å². The van der Waals surface area contributed by atoms with Gasteiger partial charge >= 0.3 is 0 Å². The Morgan fingerprint density at radius 2 is 2.03 bits per heavy atom. The second-order valence-corrected chi connectivity index (χ2v) is 7.72. The van der Waals surface area contributed by atoms with Crippen LogP contribution in [0.25, 0.3) is 5.69 Å². The summed E-state index contributed by atoms with van der Waals surface area (Å²) < 4.78 is 36.9. The van der Waals surface area contributed by atoms with Crippen molar-refractivity contribution >= 4 is 17.4 Å². The Balaban J connectivity index is 1.37. The SMILES string of the molecule is O=c1cc(OCc2ccc(Cl)cn2)ccn1-c1ccc(N2CC[C@H](OCC(F)F)C2)nc1. The van der Waals surface area contributed by atoms with E-state index in [-0.39, 0.29) is 18.3 Å². The first-order valence-electron chi connectivity index (χ1n) is 10.0. The fourth-order valence-electron chi connectivity index (χ4n) is 3.40. The van der Waals surface area contributed by atoms with E-state index in [9.17, 15) is 13.6 Å². The van der Waals surface area contributed by atoms with E-state index < -0.39 is 13.0 Å². The van der Waals surface area contributed by atoms with Crippen molar-refractivity contribution in [2.24, 2.45) is 0 Å². The number of ether oxygens (including phenoxy) is 2. The van der Waals surface area contributed by atoms with Crippen molar-refractivity contribution in [3.05, 3.63) is 76.1 Å². The zero-order chi connectivity index (χ0) is 22.5. The monoisotopic (exact) mass is 462 g/mol. The van der Waals surface area contributed by atoms with Crippen LogP contribution >= 0.6 is 11.6 Å². The molecule has 0 unspecified atom stereocenters. The number of pyridine rings is 3. The van der Waals surface area contributed by atoms with Crippen LogP contribution < -0.4 is 15.2 Å². The molecule has 0 bridgehead atoms. The van der Waals surface area contributed by atoms with Crippen molar-refractivity contribution < 1.29 is 18.3 Å². The van der Waals surface area contributed by atoms with E-state index in [1.165, 1.54) is 16.8 Å². The van der Waals surface area contributed by atoms with Crippen molar-refractivity contribution in [1.82, 2.24) is 14.5 Å². The lowest BCUT2D eigenvalue weighted by molar-refractivity contribution is -0.0156. The van der Waals surface area contributed by atoms with Crippen LogP contribution in [-0.4, -0.2) is 46.8 Å². The van der Waals surface area contributed by atoms with Crippen molar-refractivity contribution in [2.45, 2.75) is 25.6 Å². The first-order valence-corrected chi connectivity index (χ1v) is 10.4. The zero-order valence-corrected chi connectivity index (χ0v) is 17.8. The van der Waals surface area contributed by atoms with Crippen molar-refractivity contribution in [3.63, 3.8) is 0 Å². The van der Waals surface area contributed by atoms with Gasteiger partial charge in [0.25, 0.3) is 12.0 Å². The quantitative estimate of drug-likeness (QED) is 0.508. The summed E-state index contributed by atoms with van der Waals surface area (Å²) in [5, 5.41) is 0.542. The van der Waals surface area contributed by atoms with Crippen LogP contribution in [0.4, 0.5) is 14.6 Å². The van der Waals surface area contributed by atoms with Gasteiger partial charge in [-0.15, -0.1) is 0 Å². The highest BCUT2D eigenvalue weighted by atomic mass is 35.5. The molecule has 0 aliphatic carbocycles. The zero-order valence-electron chi connectivity index (χ0n) is 17.0. The van der Waals surface area contributed by atoms with E-state index in [4.69, 9.17) is 21.1 Å². The topological polar surface area (TPSA) is 69.5 Å². The maximum absolute atomic E-state index is 12.5. The van der Waals surface area contributed by atoms with Gasteiger partial charge in [0.15, 0.2) is 0 Å². The molecule has 0 N–H and O–H groups in total. The van der Waals surface area contributed by atoms with Crippen LogP contribution in [0.15, 0.2) is 59.8 Å². The number of aromatic nitrogens is 3. The molecular weight excluding hydrogens is 442 g/mol. The second kappa shape index (κ2) is 10.1.